The number of carbonyl (C=O) groups is 1. The number of nitrogens with zero attached hydrogens (tertiary/aromatic N) is 1. The van der Waals surface area contributed by atoms with Gasteiger partial charge in [0.2, 0.25) is 0 Å². The van der Waals surface area contributed by atoms with Gasteiger partial charge >= 0.3 is 0 Å². The van der Waals surface area contributed by atoms with Gasteiger partial charge in [-0.2, -0.15) is 0 Å². The van der Waals surface area contributed by atoms with E-state index in [1.165, 1.54) is 4.57 Å². The van der Waals surface area contributed by atoms with Crippen molar-refractivity contribution in [1.82, 2.24) is 14.9 Å². The number of ether oxygens (including phenoxy) is 2. The van der Waals surface area contributed by atoms with Crippen LogP contribution in [0.5, 0.6) is 5.75 Å². The van der Waals surface area contributed by atoms with E-state index in [1.54, 1.807) is 25.3 Å². The molecule has 1 aliphatic rings. The van der Waals surface area contributed by atoms with Crippen LogP contribution in [0.25, 0.3) is 10.9 Å². The number of rotatable bonds is 6. The molecule has 1 atom stereocenters. The van der Waals surface area contributed by atoms with E-state index in [0.717, 1.165) is 11.3 Å². The van der Waals surface area contributed by atoms with Crippen molar-refractivity contribution in [2.75, 3.05) is 20.3 Å². The van der Waals surface area contributed by atoms with Crippen LogP contribution in [0.2, 0.25) is 0 Å². The highest BCUT2D eigenvalue weighted by molar-refractivity contribution is 7.71. The van der Waals surface area contributed by atoms with Crippen LogP contribution in [0.15, 0.2) is 47.3 Å². The quantitative estimate of drug-likeness (QED) is 0.467. The highest BCUT2D eigenvalue weighted by Crippen LogP contribution is 2.31. The third kappa shape index (κ3) is 4.01. The molecule has 0 bridgehead atoms. The molecule has 1 amide bonds. The first-order chi connectivity index (χ1) is 14.6. The molecule has 3 aromatic rings. The first kappa shape index (κ1) is 20.3. The molecule has 0 fully saturated rings. The van der Waals surface area contributed by atoms with Crippen molar-refractivity contribution in [2.45, 2.75) is 25.4 Å². The van der Waals surface area contributed by atoms with Crippen molar-refractivity contribution >= 4 is 29.0 Å². The molecule has 2 heterocycles. The largest absolute Gasteiger partial charge is 0.493 e. The highest BCUT2D eigenvalue weighted by atomic mass is 32.1. The Morgan fingerprint density at radius 2 is 2.17 bits per heavy atom. The van der Waals surface area contributed by atoms with Crippen LogP contribution < -0.4 is 15.6 Å². The van der Waals surface area contributed by atoms with Crippen molar-refractivity contribution in [3.8, 4) is 5.75 Å². The summed E-state index contributed by atoms with van der Waals surface area (Å²) in [6.07, 6.45) is 1.39. The first-order valence-electron chi connectivity index (χ1n) is 9.87. The Kier molecular flexibility index (Phi) is 5.96. The molecule has 1 unspecified atom stereocenters. The lowest BCUT2D eigenvalue weighted by Gasteiger charge is -2.26. The molecule has 0 saturated heterocycles. The second kappa shape index (κ2) is 8.81. The van der Waals surface area contributed by atoms with Gasteiger partial charge in [-0.25, -0.2) is 0 Å². The molecule has 7 nitrogen and oxygen atoms in total. The summed E-state index contributed by atoms with van der Waals surface area (Å²) < 4.78 is 12.6. The van der Waals surface area contributed by atoms with Gasteiger partial charge in [0.25, 0.3) is 11.5 Å². The van der Waals surface area contributed by atoms with Crippen molar-refractivity contribution in [2.24, 2.45) is 0 Å². The molecule has 30 heavy (non-hydrogen) atoms. The molecule has 4 rings (SSSR count). The van der Waals surface area contributed by atoms with Crippen molar-refractivity contribution in [3.63, 3.8) is 0 Å². The number of amides is 1. The van der Waals surface area contributed by atoms with E-state index in [9.17, 15) is 9.59 Å². The summed E-state index contributed by atoms with van der Waals surface area (Å²) in [5.74, 6) is 0.591. The number of hydrogen-bond acceptors (Lipinski definition) is 5. The van der Waals surface area contributed by atoms with Crippen LogP contribution in [0.1, 0.15) is 34.8 Å². The van der Waals surface area contributed by atoms with Crippen LogP contribution >= 0.6 is 12.2 Å². The Labute approximate surface area is 178 Å². The zero-order valence-corrected chi connectivity index (χ0v) is 17.5. The fraction of sp³-hybridized carbons (Fsp3) is 0.318. The Bertz CT molecular complexity index is 1200. The molecule has 2 N–H and O–H groups in total. The van der Waals surface area contributed by atoms with E-state index in [0.29, 0.717) is 53.8 Å². The third-order valence-electron chi connectivity index (χ3n) is 5.24. The first-order valence-corrected chi connectivity index (χ1v) is 10.3. The Balaban J connectivity index is 1.60. The number of aromatic amines is 1. The topological polar surface area (TPSA) is 85.3 Å². The van der Waals surface area contributed by atoms with E-state index < -0.39 is 0 Å². The predicted octanol–water partition coefficient (Wildman–Crippen LogP) is 3.35. The molecule has 0 aliphatic carbocycles. The molecular weight excluding hydrogens is 402 g/mol. The number of aromatic nitrogens is 2. The minimum Gasteiger partial charge on any atom is -0.493 e. The Morgan fingerprint density at radius 1 is 1.33 bits per heavy atom. The summed E-state index contributed by atoms with van der Waals surface area (Å²) in [5.41, 5.74) is 1.81. The lowest BCUT2D eigenvalue weighted by Crippen LogP contribution is -2.32. The van der Waals surface area contributed by atoms with E-state index in [1.807, 2.05) is 24.3 Å². The SMILES string of the molecule is COCCCn1c(=S)[nH]c2cc(C(=O)NC3CCOc4ccccc43)ccc2c1=O. The lowest BCUT2D eigenvalue weighted by atomic mass is 10.00. The number of methoxy groups -OCH3 is 1. The van der Waals surface area contributed by atoms with E-state index in [-0.39, 0.29) is 17.5 Å². The molecule has 0 saturated carbocycles. The minimum atomic E-state index is -0.206. The van der Waals surface area contributed by atoms with Crippen LogP contribution in [-0.2, 0) is 11.3 Å². The predicted molar refractivity (Wildman–Crippen MR) is 117 cm³/mol. The maximum atomic E-state index is 12.9. The average molecular weight is 426 g/mol. The van der Waals surface area contributed by atoms with E-state index in [2.05, 4.69) is 10.3 Å². The number of carbonyl (C=O) groups excluding carboxylic acids is 1. The van der Waals surface area contributed by atoms with Gasteiger partial charge in [0.1, 0.15) is 5.75 Å². The van der Waals surface area contributed by atoms with Crippen molar-refractivity contribution in [3.05, 3.63) is 68.7 Å². The molecule has 2 aromatic carbocycles. The number of H-pyrrole nitrogens is 1. The summed E-state index contributed by atoms with van der Waals surface area (Å²) in [7, 11) is 1.62. The fourth-order valence-corrected chi connectivity index (χ4v) is 3.98. The second-order valence-corrected chi connectivity index (χ2v) is 7.58. The summed E-state index contributed by atoms with van der Waals surface area (Å²) in [4.78, 5) is 28.8. The number of para-hydroxylation sites is 1. The average Bonchev–Trinajstić information content (AvgIpc) is 2.76. The van der Waals surface area contributed by atoms with Crippen LogP contribution in [0, 0.1) is 4.77 Å². The van der Waals surface area contributed by atoms with E-state index >= 15 is 0 Å². The molecule has 156 valence electrons. The number of nitrogens with one attached hydrogen (secondary N) is 2. The van der Waals surface area contributed by atoms with Gasteiger partial charge in [-0.05, 0) is 42.9 Å². The van der Waals surface area contributed by atoms with Gasteiger partial charge < -0.3 is 19.8 Å². The van der Waals surface area contributed by atoms with Crippen molar-refractivity contribution in [1.29, 1.82) is 0 Å². The Hall–Kier alpha value is -2.97. The maximum Gasteiger partial charge on any atom is 0.262 e. The summed E-state index contributed by atoms with van der Waals surface area (Å²) in [6.45, 7) is 1.58. The summed E-state index contributed by atoms with van der Waals surface area (Å²) in [5, 5.41) is 3.57. The molecule has 8 heteroatoms. The number of fused-ring (bicyclic) bond motifs is 2. The van der Waals surface area contributed by atoms with Crippen LogP contribution in [0.4, 0.5) is 0 Å². The lowest BCUT2D eigenvalue weighted by molar-refractivity contribution is 0.0925. The minimum absolute atomic E-state index is 0.120. The fourth-order valence-electron chi connectivity index (χ4n) is 3.70. The molecule has 1 aromatic heterocycles. The zero-order chi connectivity index (χ0) is 21.1. The molecule has 0 radical (unpaired) electrons. The van der Waals surface area contributed by atoms with Gasteiger partial charge in [-0.15, -0.1) is 0 Å². The number of benzene rings is 2. The second-order valence-electron chi connectivity index (χ2n) is 7.19. The third-order valence-corrected chi connectivity index (χ3v) is 5.56. The number of hydrogen-bond donors (Lipinski definition) is 2. The summed E-state index contributed by atoms with van der Waals surface area (Å²) >= 11 is 5.35. The van der Waals surface area contributed by atoms with Gasteiger partial charge in [0.15, 0.2) is 4.77 Å². The highest BCUT2D eigenvalue weighted by Gasteiger charge is 2.23. The standard InChI is InChI=1S/C22H23N3O4S/c1-28-11-4-10-25-21(27)16-8-7-14(13-18(16)24-22(25)30)20(26)23-17-9-12-29-19-6-3-2-5-15(17)19/h2-3,5-8,13,17H,4,9-12H2,1H3,(H,23,26)(H,24,30). The zero-order valence-electron chi connectivity index (χ0n) is 16.6. The molecular formula is C22H23N3O4S. The van der Waals surface area contributed by atoms with Gasteiger partial charge in [0.05, 0.1) is 23.6 Å². The monoisotopic (exact) mass is 425 g/mol. The van der Waals surface area contributed by atoms with Crippen molar-refractivity contribution < 1.29 is 14.3 Å². The van der Waals surface area contributed by atoms with Crippen LogP contribution in [0.3, 0.4) is 0 Å². The molecule has 0 spiro atoms. The smallest absolute Gasteiger partial charge is 0.262 e. The summed E-state index contributed by atoms with van der Waals surface area (Å²) in [6, 6.07) is 12.6. The normalized spacial score (nSPS) is 15.4. The van der Waals surface area contributed by atoms with Crippen LogP contribution in [-0.4, -0.2) is 35.8 Å². The Morgan fingerprint density at radius 3 is 3.00 bits per heavy atom. The van der Waals surface area contributed by atoms with Gasteiger partial charge in [-0.3, -0.25) is 14.2 Å². The van der Waals surface area contributed by atoms with E-state index in [4.69, 9.17) is 21.7 Å². The maximum absolute atomic E-state index is 12.9. The van der Waals surface area contributed by atoms with Gasteiger partial charge in [-0.1, -0.05) is 18.2 Å². The molecule has 1 aliphatic heterocycles. The van der Waals surface area contributed by atoms with Gasteiger partial charge in [0, 0.05) is 37.8 Å².